The first-order chi connectivity index (χ1) is 7.85. The van der Waals surface area contributed by atoms with Crippen LogP contribution in [0, 0.1) is 0 Å². The summed E-state index contributed by atoms with van der Waals surface area (Å²) in [6.07, 6.45) is 3.38. The van der Waals surface area contributed by atoms with E-state index in [0.717, 1.165) is 5.56 Å². The van der Waals surface area contributed by atoms with Gasteiger partial charge in [-0.3, -0.25) is 4.98 Å². The zero-order valence-electron chi connectivity index (χ0n) is 10.8. The zero-order chi connectivity index (χ0) is 13.1. The normalized spacial score (nSPS) is 12.6. The Labute approximate surface area is 104 Å². The number of rotatable bonds is 5. The van der Waals surface area contributed by atoms with Crippen LogP contribution in [0.1, 0.15) is 33.3 Å². The lowest BCUT2D eigenvalue weighted by Crippen LogP contribution is -2.40. The van der Waals surface area contributed by atoms with Crippen LogP contribution in [-0.4, -0.2) is 29.0 Å². The molecular formula is C12H20N2O2S. The van der Waals surface area contributed by atoms with Crippen molar-refractivity contribution in [2.24, 2.45) is 0 Å². The Bertz CT molecular complexity index is 441. The highest BCUT2D eigenvalue weighted by atomic mass is 32.2. The number of pyridine rings is 1. The standard InChI is InChI=1S/C12H20N2O2S/c1-10(2)14(17(15,16)11(3)4)9-12-6-5-7-13-8-12/h5-8,10-11H,9H2,1-4H3. The molecule has 5 heteroatoms. The summed E-state index contributed by atoms with van der Waals surface area (Å²) in [4.78, 5) is 4.00. The summed E-state index contributed by atoms with van der Waals surface area (Å²) in [7, 11) is -3.23. The van der Waals surface area contributed by atoms with Crippen LogP contribution in [0.3, 0.4) is 0 Å². The Balaban J connectivity index is 2.97. The summed E-state index contributed by atoms with van der Waals surface area (Å²) in [5.41, 5.74) is 0.908. The number of aromatic nitrogens is 1. The second-order valence-electron chi connectivity index (χ2n) is 4.59. The summed E-state index contributed by atoms with van der Waals surface area (Å²) in [5.74, 6) is 0. The SMILES string of the molecule is CC(C)N(Cc1cccnc1)S(=O)(=O)C(C)C. The van der Waals surface area contributed by atoms with Gasteiger partial charge >= 0.3 is 0 Å². The monoisotopic (exact) mass is 256 g/mol. The van der Waals surface area contributed by atoms with Crippen molar-refractivity contribution in [1.82, 2.24) is 9.29 Å². The molecule has 0 atom stereocenters. The minimum absolute atomic E-state index is 0.0531. The molecule has 0 fully saturated rings. The van der Waals surface area contributed by atoms with Crippen LogP contribution in [0.25, 0.3) is 0 Å². The summed E-state index contributed by atoms with van der Waals surface area (Å²) in [5, 5.41) is -0.401. The van der Waals surface area contributed by atoms with E-state index in [1.165, 1.54) is 4.31 Å². The summed E-state index contributed by atoms with van der Waals surface area (Å²) >= 11 is 0. The highest BCUT2D eigenvalue weighted by Crippen LogP contribution is 2.16. The first-order valence-corrected chi connectivity index (χ1v) is 7.25. The van der Waals surface area contributed by atoms with Crippen molar-refractivity contribution < 1.29 is 8.42 Å². The van der Waals surface area contributed by atoms with Gasteiger partial charge < -0.3 is 0 Å². The Hall–Kier alpha value is -0.940. The summed E-state index contributed by atoms with van der Waals surface area (Å²) < 4.78 is 25.9. The van der Waals surface area contributed by atoms with E-state index in [1.54, 1.807) is 26.2 Å². The van der Waals surface area contributed by atoms with Gasteiger partial charge in [0, 0.05) is 25.0 Å². The van der Waals surface area contributed by atoms with Crippen LogP contribution >= 0.6 is 0 Å². The molecule has 1 aromatic rings. The van der Waals surface area contributed by atoms with Gasteiger partial charge in [0.1, 0.15) is 0 Å². The van der Waals surface area contributed by atoms with E-state index in [9.17, 15) is 8.42 Å². The van der Waals surface area contributed by atoms with Crippen LogP contribution < -0.4 is 0 Å². The number of sulfonamides is 1. The number of hydrogen-bond acceptors (Lipinski definition) is 3. The van der Waals surface area contributed by atoms with Crippen LogP contribution in [0.15, 0.2) is 24.5 Å². The Morgan fingerprint density at radius 3 is 2.35 bits per heavy atom. The topological polar surface area (TPSA) is 50.3 Å². The molecule has 0 aliphatic carbocycles. The van der Waals surface area contributed by atoms with E-state index in [4.69, 9.17) is 0 Å². The van der Waals surface area contributed by atoms with Gasteiger partial charge in [-0.25, -0.2) is 8.42 Å². The summed E-state index contributed by atoms with van der Waals surface area (Å²) in [6.45, 7) is 7.56. The molecule has 0 aliphatic rings. The third-order valence-electron chi connectivity index (χ3n) is 2.56. The lowest BCUT2D eigenvalue weighted by molar-refractivity contribution is 0.344. The molecule has 0 saturated carbocycles. The van der Waals surface area contributed by atoms with E-state index in [-0.39, 0.29) is 6.04 Å². The maximum atomic E-state index is 12.2. The van der Waals surface area contributed by atoms with Gasteiger partial charge in [-0.2, -0.15) is 4.31 Å². The molecule has 1 heterocycles. The maximum Gasteiger partial charge on any atom is 0.216 e. The first-order valence-electron chi connectivity index (χ1n) is 5.75. The largest absolute Gasteiger partial charge is 0.264 e. The van der Waals surface area contributed by atoms with Gasteiger partial charge in [0.2, 0.25) is 10.0 Å². The average Bonchev–Trinajstić information content (AvgIpc) is 2.26. The maximum absolute atomic E-state index is 12.2. The zero-order valence-corrected chi connectivity index (χ0v) is 11.6. The second kappa shape index (κ2) is 5.60. The molecule has 0 unspecified atom stereocenters. The van der Waals surface area contributed by atoms with E-state index >= 15 is 0 Å². The van der Waals surface area contributed by atoms with E-state index in [2.05, 4.69) is 4.98 Å². The van der Waals surface area contributed by atoms with Crippen LogP contribution in [0.4, 0.5) is 0 Å². The van der Waals surface area contributed by atoms with Gasteiger partial charge in [0.25, 0.3) is 0 Å². The number of hydrogen-bond donors (Lipinski definition) is 0. The first kappa shape index (κ1) is 14.1. The smallest absolute Gasteiger partial charge is 0.216 e. The van der Waals surface area contributed by atoms with E-state index in [1.807, 2.05) is 26.0 Å². The predicted molar refractivity (Wildman–Crippen MR) is 69.0 cm³/mol. The highest BCUT2D eigenvalue weighted by Gasteiger charge is 2.28. The second-order valence-corrected chi connectivity index (χ2v) is 7.04. The molecule has 0 bridgehead atoms. The third-order valence-corrected chi connectivity index (χ3v) is 4.96. The molecular weight excluding hydrogens is 236 g/mol. The molecule has 96 valence electrons. The van der Waals surface area contributed by atoms with Crippen LogP contribution in [0.5, 0.6) is 0 Å². The van der Waals surface area contributed by atoms with Crippen LogP contribution in [0.2, 0.25) is 0 Å². The van der Waals surface area contributed by atoms with Gasteiger partial charge in [0.15, 0.2) is 0 Å². The fourth-order valence-electron chi connectivity index (χ4n) is 1.51. The van der Waals surface area contributed by atoms with Gasteiger partial charge in [-0.15, -0.1) is 0 Å². The van der Waals surface area contributed by atoms with Gasteiger partial charge in [-0.05, 0) is 39.3 Å². The minimum Gasteiger partial charge on any atom is -0.264 e. The summed E-state index contributed by atoms with van der Waals surface area (Å²) in [6, 6.07) is 3.65. The Kier molecular flexibility index (Phi) is 4.65. The van der Waals surface area contributed by atoms with Crippen molar-refractivity contribution in [3.8, 4) is 0 Å². The molecule has 0 spiro atoms. The van der Waals surface area contributed by atoms with Crippen molar-refractivity contribution in [3.63, 3.8) is 0 Å². The van der Waals surface area contributed by atoms with Crippen LogP contribution in [-0.2, 0) is 16.6 Å². The van der Waals surface area contributed by atoms with E-state index in [0.29, 0.717) is 6.54 Å². The molecule has 0 radical (unpaired) electrons. The van der Waals surface area contributed by atoms with Gasteiger partial charge in [-0.1, -0.05) is 6.07 Å². The van der Waals surface area contributed by atoms with Crippen molar-refractivity contribution in [1.29, 1.82) is 0 Å². The minimum atomic E-state index is -3.23. The molecule has 0 aromatic carbocycles. The molecule has 4 nitrogen and oxygen atoms in total. The molecule has 0 aliphatic heterocycles. The van der Waals surface area contributed by atoms with Crippen molar-refractivity contribution in [2.75, 3.05) is 0 Å². The highest BCUT2D eigenvalue weighted by molar-refractivity contribution is 7.89. The molecule has 0 saturated heterocycles. The van der Waals surface area contributed by atoms with Crippen molar-refractivity contribution in [3.05, 3.63) is 30.1 Å². The molecule has 0 N–H and O–H groups in total. The van der Waals surface area contributed by atoms with Gasteiger partial charge in [0.05, 0.1) is 5.25 Å². The average molecular weight is 256 g/mol. The fourth-order valence-corrected chi connectivity index (χ4v) is 2.97. The van der Waals surface area contributed by atoms with Crippen molar-refractivity contribution >= 4 is 10.0 Å². The molecule has 0 amide bonds. The fraction of sp³-hybridized carbons (Fsp3) is 0.583. The third kappa shape index (κ3) is 3.51. The Morgan fingerprint density at radius 1 is 1.29 bits per heavy atom. The Morgan fingerprint density at radius 2 is 1.94 bits per heavy atom. The predicted octanol–water partition coefficient (Wildman–Crippen LogP) is 2.03. The molecule has 1 aromatic heterocycles. The molecule has 1 rings (SSSR count). The lowest BCUT2D eigenvalue weighted by Gasteiger charge is -2.27. The molecule has 17 heavy (non-hydrogen) atoms. The quantitative estimate of drug-likeness (QED) is 0.810. The lowest BCUT2D eigenvalue weighted by atomic mass is 10.2. The number of nitrogens with zero attached hydrogens (tertiary/aromatic N) is 2. The van der Waals surface area contributed by atoms with E-state index < -0.39 is 15.3 Å². The van der Waals surface area contributed by atoms with Crippen molar-refractivity contribution in [2.45, 2.75) is 45.5 Å².